The maximum Gasteiger partial charge on any atom is 0.341 e. The number of nitrogens with zero attached hydrogens (tertiary/aromatic N) is 2. The molecule has 7 heteroatoms. The summed E-state index contributed by atoms with van der Waals surface area (Å²) in [5.74, 6) is 0.276. The van der Waals surface area contributed by atoms with E-state index in [1.165, 1.54) is 0 Å². The van der Waals surface area contributed by atoms with E-state index in [1.807, 2.05) is 30.3 Å². The zero-order valence-electron chi connectivity index (χ0n) is 17.2. The summed E-state index contributed by atoms with van der Waals surface area (Å²) in [6.07, 6.45) is 1.55. The molecule has 7 nitrogen and oxygen atoms in total. The Morgan fingerprint density at radius 1 is 1.17 bits per heavy atom. The Morgan fingerprint density at radius 2 is 1.93 bits per heavy atom. The Labute approximate surface area is 175 Å². The third kappa shape index (κ3) is 4.16. The highest BCUT2D eigenvalue weighted by Gasteiger charge is 2.18. The average Bonchev–Trinajstić information content (AvgIpc) is 2.80. The summed E-state index contributed by atoms with van der Waals surface area (Å²) in [7, 11) is 1.61. The van der Waals surface area contributed by atoms with Gasteiger partial charge in [0.1, 0.15) is 11.3 Å². The number of hydrogen-bond acceptors (Lipinski definition) is 7. The second-order valence-corrected chi connectivity index (χ2v) is 6.92. The molecule has 0 unspecified atom stereocenters. The molecule has 0 saturated carbocycles. The third-order valence-corrected chi connectivity index (χ3v) is 5.08. The van der Waals surface area contributed by atoms with E-state index < -0.39 is 5.97 Å². The number of methoxy groups -OCH3 is 1. The number of morpholine rings is 1. The van der Waals surface area contributed by atoms with Gasteiger partial charge in [0.15, 0.2) is 0 Å². The van der Waals surface area contributed by atoms with Crippen molar-refractivity contribution in [3.8, 4) is 5.75 Å². The van der Waals surface area contributed by atoms with Gasteiger partial charge in [0.05, 0.1) is 38.1 Å². The van der Waals surface area contributed by atoms with Crippen LogP contribution in [0.1, 0.15) is 17.3 Å². The molecule has 1 N–H and O–H groups in total. The Hall–Kier alpha value is -3.32. The predicted octanol–water partition coefficient (Wildman–Crippen LogP) is 4.00. The Kier molecular flexibility index (Phi) is 5.99. The van der Waals surface area contributed by atoms with E-state index in [9.17, 15) is 4.79 Å². The van der Waals surface area contributed by atoms with Crippen LogP contribution in [0.2, 0.25) is 0 Å². The molecule has 1 saturated heterocycles. The molecule has 0 bridgehead atoms. The number of carbonyl (C=O) groups is 1. The number of aromatic nitrogens is 1. The highest BCUT2D eigenvalue weighted by molar-refractivity contribution is 6.06. The van der Waals surface area contributed by atoms with Crippen molar-refractivity contribution in [2.45, 2.75) is 6.92 Å². The number of hydrogen-bond donors (Lipinski definition) is 1. The molecule has 2 heterocycles. The molecular weight excluding hydrogens is 382 g/mol. The molecule has 4 rings (SSSR count). The quantitative estimate of drug-likeness (QED) is 0.619. The van der Waals surface area contributed by atoms with Crippen LogP contribution in [-0.2, 0) is 9.47 Å². The lowest BCUT2D eigenvalue weighted by Crippen LogP contribution is -2.36. The molecule has 1 fully saturated rings. The topological polar surface area (TPSA) is 72.9 Å². The second-order valence-electron chi connectivity index (χ2n) is 6.92. The minimum atomic E-state index is -0.415. The van der Waals surface area contributed by atoms with Crippen molar-refractivity contribution in [1.82, 2.24) is 4.98 Å². The molecular formula is C23H25N3O4. The van der Waals surface area contributed by atoms with Gasteiger partial charge in [-0.15, -0.1) is 0 Å². The zero-order valence-corrected chi connectivity index (χ0v) is 17.2. The molecule has 1 aliphatic heterocycles. The number of carbonyl (C=O) groups excluding carboxylic acids is 1. The van der Waals surface area contributed by atoms with Crippen molar-refractivity contribution in [3.63, 3.8) is 0 Å². The fourth-order valence-electron chi connectivity index (χ4n) is 3.52. The van der Waals surface area contributed by atoms with Gasteiger partial charge in [-0.05, 0) is 49.4 Å². The van der Waals surface area contributed by atoms with Gasteiger partial charge in [0.2, 0.25) is 0 Å². The van der Waals surface area contributed by atoms with Crippen LogP contribution in [0.25, 0.3) is 10.9 Å². The van der Waals surface area contributed by atoms with E-state index in [1.54, 1.807) is 20.2 Å². The fourth-order valence-corrected chi connectivity index (χ4v) is 3.52. The van der Waals surface area contributed by atoms with Crippen LogP contribution in [0.5, 0.6) is 5.75 Å². The van der Waals surface area contributed by atoms with Crippen molar-refractivity contribution in [2.24, 2.45) is 0 Å². The monoisotopic (exact) mass is 407 g/mol. The lowest BCUT2D eigenvalue weighted by Gasteiger charge is -2.29. The fraction of sp³-hybridized carbons (Fsp3) is 0.304. The molecule has 0 spiro atoms. The number of esters is 1. The standard InChI is InChI=1S/C23H25N3O4/c1-3-30-23(27)20-15-24-21-9-8-18(28-2)14-19(21)22(20)25-16-4-6-17(7-5-16)26-10-12-29-13-11-26/h4-9,14-15H,3,10-13H2,1-2H3,(H,24,25). The van der Waals surface area contributed by atoms with Crippen molar-refractivity contribution < 1.29 is 19.0 Å². The van der Waals surface area contributed by atoms with Crippen molar-refractivity contribution in [2.75, 3.05) is 50.2 Å². The Bertz CT molecular complexity index is 1030. The summed E-state index contributed by atoms with van der Waals surface area (Å²) in [5, 5.41) is 4.19. The van der Waals surface area contributed by atoms with E-state index in [4.69, 9.17) is 14.2 Å². The number of nitrogens with one attached hydrogen (secondary N) is 1. The first-order chi connectivity index (χ1) is 14.7. The summed E-state index contributed by atoms with van der Waals surface area (Å²) < 4.78 is 16.0. The van der Waals surface area contributed by atoms with Gasteiger partial charge in [0.25, 0.3) is 0 Å². The molecule has 3 aromatic rings. The largest absolute Gasteiger partial charge is 0.497 e. The number of benzene rings is 2. The van der Waals surface area contributed by atoms with Crippen molar-refractivity contribution in [3.05, 3.63) is 54.2 Å². The third-order valence-electron chi connectivity index (χ3n) is 5.08. The number of anilines is 3. The molecule has 1 aliphatic rings. The number of ether oxygens (including phenoxy) is 3. The summed E-state index contributed by atoms with van der Waals surface area (Å²) in [6, 6.07) is 13.7. The smallest absolute Gasteiger partial charge is 0.341 e. The summed E-state index contributed by atoms with van der Waals surface area (Å²) in [6.45, 7) is 5.33. The first-order valence-electron chi connectivity index (χ1n) is 10.0. The summed E-state index contributed by atoms with van der Waals surface area (Å²) in [5.41, 5.74) is 3.81. The lowest BCUT2D eigenvalue weighted by atomic mass is 10.1. The maximum absolute atomic E-state index is 12.6. The van der Waals surface area contributed by atoms with Crippen LogP contribution in [-0.4, -0.2) is 51.0 Å². The van der Waals surface area contributed by atoms with Gasteiger partial charge in [0, 0.05) is 36.0 Å². The highest BCUT2D eigenvalue weighted by atomic mass is 16.5. The number of fused-ring (bicyclic) bond motifs is 1. The van der Waals surface area contributed by atoms with Crippen LogP contribution in [0.15, 0.2) is 48.7 Å². The van der Waals surface area contributed by atoms with E-state index in [-0.39, 0.29) is 0 Å². The summed E-state index contributed by atoms with van der Waals surface area (Å²) in [4.78, 5) is 19.3. The average molecular weight is 407 g/mol. The van der Waals surface area contributed by atoms with Gasteiger partial charge in [-0.3, -0.25) is 4.98 Å². The molecule has 30 heavy (non-hydrogen) atoms. The van der Waals surface area contributed by atoms with E-state index in [0.717, 1.165) is 48.6 Å². The van der Waals surface area contributed by atoms with Gasteiger partial charge < -0.3 is 24.4 Å². The Balaban J connectivity index is 1.70. The van der Waals surface area contributed by atoms with Crippen LogP contribution in [0.3, 0.4) is 0 Å². The number of pyridine rings is 1. The maximum atomic E-state index is 12.6. The van der Waals surface area contributed by atoms with E-state index in [0.29, 0.717) is 23.6 Å². The van der Waals surface area contributed by atoms with Gasteiger partial charge in [-0.25, -0.2) is 4.79 Å². The Morgan fingerprint density at radius 3 is 2.63 bits per heavy atom. The minimum Gasteiger partial charge on any atom is -0.497 e. The molecule has 156 valence electrons. The van der Waals surface area contributed by atoms with Crippen LogP contribution < -0.4 is 15.0 Å². The van der Waals surface area contributed by atoms with Gasteiger partial charge in [-0.1, -0.05) is 0 Å². The molecule has 2 aromatic carbocycles. The molecule has 1 aromatic heterocycles. The highest BCUT2D eigenvalue weighted by Crippen LogP contribution is 2.32. The predicted molar refractivity (Wildman–Crippen MR) is 117 cm³/mol. The minimum absolute atomic E-state index is 0.294. The van der Waals surface area contributed by atoms with Crippen LogP contribution >= 0.6 is 0 Å². The molecule has 0 atom stereocenters. The van der Waals surface area contributed by atoms with Gasteiger partial charge >= 0.3 is 5.97 Å². The van der Waals surface area contributed by atoms with Crippen LogP contribution in [0.4, 0.5) is 17.1 Å². The second kappa shape index (κ2) is 9.00. The molecule has 0 aliphatic carbocycles. The zero-order chi connectivity index (χ0) is 20.9. The SMILES string of the molecule is CCOC(=O)c1cnc2ccc(OC)cc2c1Nc1ccc(N2CCOCC2)cc1. The van der Waals surface area contributed by atoms with Crippen molar-refractivity contribution >= 4 is 33.9 Å². The lowest BCUT2D eigenvalue weighted by molar-refractivity contribution is 0.0527. The van der Waals surface area contributed by atoms with E-state index in [2.05, 4.69) is 27.3 Å². The first-order valence-corrected chi connectivity index (χ1v) is 10.0. The number of rotatable bonds is 6. The normalized spacial score (nSPS) is 13.9. The van der Waals surface area contributed by atoms with Crippen molar-refractivity contribution in [1.29, 1.82) is 0 Å². The molecule has 0 radical (unpaired) electrons. The van der Waals surface area contributed by atoms with Crippen LogP contribution in [0, 0.1) is 0 Å². The molecule has 0 amide bonds. The summed E-state index contributed by atoms with van der Waals surface area (Å²) >= 11 is 0. The van der Waals surface area contributed by atoms with Gasteiger partial charge in [-0.2, -0.15) is 0 Å². The first kappa shape index (κ1) is 20.0. The van der Waals surface area contributed by atoms with E-state index >= 15 is 0 Å².